The zero-order valence-corrected chi connectivity index (χ0v) is 17.6. The fraction of sp³-hybridized carbons (Fsp3) is 1.00. The van der Waals surface area contributed by atoms with Crippen molar-refractivity contribution in [2.24, 2.45) is 0 Å². The van der Waals surface area contributed by atoms with Gasteiger partial charge in [0.1, 0.15) is 0 Å². The van der Waals surface area contributed by atoms with E-state index in [0.717, 1.165) is 0 Å². The Morgan fingerprint density at radius 3 is 0.889 bits per heavy atom. The van der Waals surface area contributed by atoms with Gasteiger partial charge in [0.05, 0.1) is 0 Å². The minimum atomic E-state index is -1.58. The molecule has 1 radical (unpaired) electrons. The van der Waals surface area contributed by atoms with Crippen LogP contribution in [-0.4, -0.2) is 18.8 Å². The van der Waals surface area contributed by atoms with Gasteiger partial charge < -0.3 is 0 Å². The molecule has 0 aromatic heterocycles. The van der Waals surface area contributed by atoms with Crippen LogP contribution in [0.5, 0.6) is 0 Å². The molecule has 0 rings (SSSR count). The zero-order chi connectivity index (χ0) is 13.0. The first-order valence-corrected chi connectivity index (χ1v) is 15.3. The van der Waals surface area contributed by atoms with Crippen LogP contribution in [0.15, 0.2) is 0 Å². The quantitative estimate of drug-likeness (QED) is 0.287. The predicted molar refractivity (Wildman–Crippen MR) is 94.9 cm³/mol. The summed E-state index contributed by atoms with van der Waals surface area (Å²) in [6.07, 6.45) is 11.8. The van der Waals surface area contributed by atoms with Gasteiger partial charge in [-0.15, -0.1) is 17.0 Å². The topological polar surface area (TPSA) is 0 Å². The molecule has 0 fully saturated rings. The van der Waals surface area contributed by atoms with Gasteiger partial charge in [-0.1, -0.05) is 0 Å². The van der Waals surface area contributed by atoms with Crippen molar-refractivity contribution in [2.45, 2.75) is 96.5 Å². The molecule has 0 heterocycles. The summed E-state index contributed by atoms with van der Waals surface area (Å²) in [5.41, 5.74) is 0. The summed E-state index contributed by atoms with van der Waals surface area (Å²) in [6, 6.07) is 0. The minimum absolute atomic E-state index is 0. The summed E-state index contributed by atoms with van der Waals surface area (Å²) >= 11 is -1.58. The predicted octanol–water partition coefficient (Wildman–Crippen LogP) is 7.21. The van der Waals surface area contributed by atoms with Crippen LogP contribution in [0.1, 0.15) is 79.1 Å². The molecule has 2 heteroatoms. The van der Waals surface area contributed by atoms with Gasteiger partial charge in [0, 0.05) is 0 Å². The van der Waals surface area contributed by atoms with E-state index in [1.165, 1.54) is 51.4 Å². The number of halogens is 1. The molecule has 0 aromatic rings. The Labute approximate surface area is 131 Å². The molecule has 0 N–H and O–H groups in total. The molecular formula is C16H37BrSb. The van der Waals surface area contributed by atoms with E-state index in [1.54, 1.807) is 17.5 Å². The van der Waals surface area contributed by atoms with Crippen molar-refractivity contribution in [1.82, 2.24) is 0 Å². The van der Waals surface area contributed by atoms with Gasteiger partial charge in [0.15, 0.2) is 0 Å². The molecule has 0 saturated heterocycles. The maximum atomic E-state index is 2.37. The van der Waals surface area contributed by atoms with Crippen LogP contribution in [0, 0.1) is 0 Å². The Morgan fingerprint density at radius 1 is 0.500 bits per heavy atom. The molecule has 113 valence electrons. The third kappa shape index (κ3) is 10.1. The van der Waals surface area contributed by atoms with E-state index >= 15 is 0 Å². The number of hydrogen-bond donors (Lipinski definition) is 0. The number of hydrogen-bond acceptors (Lipinski definition) is 0. The average Bonchev–Trinajstić information content (AvgIpc) is 2.37. The van der Waals surface area contributed by atoms with Gasteiger partial charge in [0.25, 0.3) is 0 Å². The monoisotopic (exact) mass is 429 g/mol. The summed E-state index contributed by atoms with van der Waals surface area (Å²) in [4.78, 5) is 0. The number of unbranched alkanes of at least 4 members (excludes halogenated alkanes) is 4. The molecular weight excluding hydrogens is 394 g/mol. The average molecular weight is 431 g/mol. The van der Waals surface area contributed by atoms with Crippen molar-refractivity contribution in [3.63, 3.8) is 0 Å². The molecule has 0 atom stereocenters. The molecule has 18 heavy (non-hydrogen) atoms. The van der Waals surface area contributed by atoms with Gasteiger partial charge in [-0.05, 0) is 0 Å². The first-order chi connectivity index (χ1) is 8.24. The summed E-state index contributed by atoms with van der Waals surface area (Å²) in [6.45, 7) is 9.48. The number of rotatable bonds is 12. The first-order valence-electron chi connectivity index (χ1n) is 8.09. The summed E-state index contributed by atoms with van der Waals surface area (Å²) < 4.78 is 6.76. The van der Waals surface area contributed by atoms with E-state index in [2.05, 4.69) is 27.7 Å². The van der Waals surface area contributed by atoms with E-state index in [9.17, 15) is 0 Å². The normalized spacial score (nSPS) is 11.3. The second-order valence-corrected chi connectivity index (χ2v) is 18.4. The Kier molecular flexibility index (Phi) is 17.6. The fourth-order valence-electron chi connectivity index (χ4n) is 2.64. The molecule has 0 aromatic carbocycles. The molecule has 0 aliphatic carbocycles. The van der Waals surface area contributed by atoms with Crippen molar-refractivity contribution in [2.75, 3.05) is 0 Å². The van der Waals surface area contributed by atoms with E-state index in [0.29, 0.717) is 0 Å². The molecule has 0 spiro atoms. The van der Waals surface area contributed by atoms with Gasteiger partial charge in [-0.2, -0.15) is 0 Å². The van der Waals surface area contributed by atoms with Crippen LogP contribution in [0.2, 0.25) is 17.5 Å². The molecule has 0 nitrogen and oxygen atoms in total. The molecule has 0 aliphatic heterocycles. The van der Waals surface area contributed by atoms with Crippen LogP contribution in [0.4, 0.5) is 0 Å². The second kappa shape index (κ2) is 14.7. The van der Waals surface area contributed by atoms with Crippen LogP contribution >= 0.6 is 17.0 Å². The SMILES string of the molecule is Br.CCC[CH2][Sb]([CH2]CCC)([CH2]CCC)[CH2]CCC. The van der Waals surface area contributed by atoms with Gasteiger partial charge in [-0.3, -0.25) is 0 Å². The molecule has 0 saturated carbocycles. The van der Waals surface area contributed by atoms with E-state index < -0.39 is 18.8 Å². The molecule has 0 aliphatic rings. The molecule has 0 amide bonds. The van der Waals surface area contributed by atoms with Gasteiger partial charge >= 0.3 is 115 Å². The third-order valence-corrected chi connectivity index (χ3v) is 18.4. The van der Waals surface area contributed by atoms with E-state index in [4.69, 9.17) is 0 Å². The van der Waals surface area contributed by atoms with E-state index in [1.807, 2.05) is 0 Å². The molecule has 0 bridgehead atoms. The third-order valence-electron chi connectivity index (χ3n) is 3.94. The summed E-state index contributed by atoms with van der Waals surface area (Å²) in [7, 11) is 0. The van der Waals surface area contributed by atoms with Crippen molar-refractivity contribution in [3.8, 4) is 0 Å². The first kappa shape index (κ1) is 21.6. The van der Waals surface area contributed by atoms with Crippen molar-refractivity contribution in [1.29, 1.82) is 0 Å². The van der Waals surface area contributed by atoms with Crippen LogP contribution < -0.4 is 0 Å². The van der Waals surface area contributed by atoms with Crippen LogP contribution in [0.3, 0.4) is 0 Å². The fourth-order valence-corrected chi connectivity index (χ4v) is 17.7. The van der Waals surface area contributed by atoms with E-state index in [-0.39, 0.29) is 17.0 Å². The Hall–Kier alpha value is 1.30. The van der Waals surface area contributed by atoms with Crippen LogP contribution in [-0.2, 0) is 0 Å². The second-order valence-electron chi connectivity index (χ2n) is 5.65. The molecule has 0 unspecified atom stereocenters. The zero-order valence-electron chi connectivity index (χ0n) is 13.3. The Balaban J connectivity index is 0. The van der Waals surface area contributed by atoms with Crippen molar-refractivity contribution in [3.05, 3.63) is 0 Å². The Bertz CT molecular complexity index is 122. The van der Waals surface area contributed by atoms with Gasteiger partial charge in [0.2, 0.25) is 0 Å². The Morgan fingerprint density at radius 2 is 0.722 bits per heavy atom. The standard InChI is InChI=1S/4C4H9.BrH.Sb/c4*1-3-4-2;;/h4*1,3-4H2,2H3;1H;. The summed E-state index contributed by atoms with van der Waals surface area (Å²) in [5, 5.41) is 0. The van der Waals surface area contributed by atoms with Crippen molar-refractivity contribution >= 4 is 35.8 Å². The maximum absolute atomic E-state index is 2.37. The van der Waals surface area contributed by atoms with Crippen LogP contribution in [0.25, 0.3) is 0 Å². The van der Waals surface area contributed by atoms with Gasteiger partial charge in [-0.25, -0.2) is 0 Å². The summed E-state index contributed by atoms with van der Waals surface area (Å²) in [5.74, 6) is 0. The van der Waals surface area contributed by atoms with Crippen molar-refractivity contribution < 1.29 is 0 Å².